The van der Waals surface area contributed by atoms with Crippen LogP contribution in [0.25, 0.3) is 0 Å². The summed E-state index contributed by atoms with van der Waals surface area (Å²) in [6.07, 6.45) is 6.50. The first kappa shape index (κ1) is 11.2. The molecule has 2 nitrogen and oxygen atoms in total. The highest BCUT2D eigenvalue weighted by atomic mass is 35.5. The maximum Gasteiger partial charge on any atom is 0.170 e. The van der Waals surface area contributed by atoms with E-state index in [1.165, 1.54) is 12.8 Å². The Balaban J connectivity index is 0.00000121. The number of unbranched alkanes of at least 4 members (excludes halogenated alkanes) is 1. The lowest BCUT2D eigenvalue weighted by molar-refractivity contribution is -0.697. The van der Waals surface area contributed by atoms with Crippen LogP contribution in [-0.4, -0.2) is 0 Å². The predicted molar refractivity (Wildman–Crippen MR) is 53.2 cm³/mol. The zero-order valence-corrected chi connectivity index (χ0v) is 8.18. The van der Waals surface area contributed by atoms with E-state index in [0.29, 0.717) is 0 Å². The van der Waals surface area contributed by atoms with Crippen LogP contribution in [0, 0.1) is 0 Å². The van der Waals surface area contributed by atoms with Gasteiger partial charge in [-0.1, -0.05) is 13.3 Å². The van der Waals surface area contributed by atoms with Crippen LogP contribution in [0.5, 0.6) is 0 Å². The lowest BCUT2D eigenvalue weighted by Gasteiger charge is -1.94. The molecular formula is C9H16ClN2+. The fourth-order valence-electron chi connectivity index (χ4n) is 0.959. The summed E-state index contributed by atoms with van der Waals surface area (Å²) in [5.74, 6) is 0. The Hall–Kier alpha value is -0.760. The van der Waals surface area contributed by atoms with Gasteiger partial charge in [0.15, 0.2) is 12.4 Å². The SMILES string of the molecule is CCCC[n+]1ccc(N)cc1.Cl. The van der Waals surface area contributed by atoms with Gasteiger partial charge < -0.3 is 5.73 Å². The highest BCUT2D eigenvalue weighted by molar-refractivity contribution is 5.85. The summed E-state index contributed by atoms with van der Waals surface area (Å²) >= 11 is 0. The average molecular weight is 188 g/mol. The molecule has 1 heterocycles. The Kier molecular flexibility index (Phi) is 5.47. The van der Waals surface area contributed by atoms with Gasteiger partial charge in [-0.2, -0.15) is 0 Å². The minimum atomic E-state index is 0. The molecule has 0 bridgehead atoms. The molecule has 0 aliphatic rings. The molecule has 0 fully saturated rings. The van der Waals surface area contributed by atoms with Gasteiger partial charge >= 0.3 is 0 Å². The van der Waals surface area contributed by atoms with Gasteiger partial charge in [0, 0.05) is 24.2 Å². The predicted octanol–water partition coefficient (Wildman–Crippen LogP) is 1.78. The highest BCUT2D eigenvalue weighted by Gasteiger charge is 1.96. The van der Waals surface area contributed by atoms with E-state index in [1.54, 1.807) is 0 Å². The van der Waals surface area contributed by atoms with Crippen molar-refractivity contribution in [1.29, 1.82) is 0 Å². The van der Waals surface area contributed by atoms with E-state index in [1.807, 2.05) is 24.5 Å². The molecule has 1 aromatic heterocycles. The van der Waals surface area contributed by atoms with Crippen LogP contribution in [0.15, 0.2) is 24.5 Å². The lowest BCUT2D eigenvalue weighted by Crippen LogP contribution is -2.32. The minimum absolute atomic E-state index is 0. The van der Waals surface area contributed by atoms with Crippen molar-refractivity contribution in [2.24, 2.45) is 0 Å². The molecule has 0 aliphatic heterocycles. The van der Waals surface area contributed by atoms with E-state index < -0.39 is 0 Å². The molecular weight excluding hydrogens is 172 g/mol. The molecule has 0 aliphatic carbocycles. The van der Waals surface area contributed by atoms with Gasteiger partial charge in [-0.3, -0.25) is 0 Å². The molecule has 0 spiro atoms. The summed E-state index contributed by atoms with van der Waals surface area (Å²) in [6.45, 7) is 3.29. The largest absolute Gasteiger partial charge is 0.398 e. The third-order valence-corrected chi connectivity index (χ3v) is 1.69. The second kappa shape index (κ2) is 5.84. The number of rotatable bonds is 3. The van der Waals surface area contributed by atoms with E-state index in [9.17, 15) is 0 Å². The lowest BCUT2D eigenvalue weighted by atomic mass is 10.3. The number of aromatic nitrogens is 1. The highest BCUT2D eigenvalue weighted by Crippen LogP contribution is 1.94. The van der Waals surface area contributed by atoms with Gasteiger partial charge in [0.1, 0.15) is 6.54 Å². The third-order valence-electron chi connectivity index (χ3n) is 1.69. The van der Waals surface area contributed by atoms with Crippen LogP contribution < -0.4 is 10.3 Å². The number of hydrogen-bond acceptors (Lipinski definition) is 1. The number of hydrogen-bond donors (Lipinski definition) is 1. The third kappa shape index (κ3) is 3.58. The molecule has 0 saturated carbocycles. The quantitative estimate of drug-likeness (QED) is 0.719. The van der Waals surface area contributed by atoms with Gasteiger partial charge in [0.2, 0.25) is 0 Å². The van der Waals surface area contributed by atoms with Crippen molar-refractivity contribution < 1.29 is 4.57 Å². The van der Waals surface area contributed by atoms with E-state index in [-0.39, 0.29) is 12.4 Å². The van der Waals surface area contributed by atoms with Gasteiger partial charge in [0.05, 0.1) is 0 Å². The smallest absolute Gasteiger partial charge is 0.170 e. The van der Waals surface area contributed by atoms with Crippen LogP contribution in [0.4, 0.5) is 5.69 Å². The molecule has 2 N–H and O–H groups in total. The summed E-state index contributed by atoms with van der Waals surface area (Å²) in [5.41, 5.74) is 6.37. The van der Waals surface area contributed by atoms with Crippen molar-refractivity contribution >= 4 is 18.1 Å². The number of pyridine rings is 1. The Morgan fingerprint density at radius 3 is 2.42 bits per heavy atom. The van der Waals surface area contributed by atoms with Crippen molar-refractivity contribution in [1.82, 2.24) is 0 Å². The molecule has 0 amide bonds. The Labute approximate surface area is 79.8 Å². The van der Waals surface area contributed by atoms with Gasteiger partial charge in [-0.25, -0.2) is 4.57 Å². The fourth-order valence-corrected chi connectivity index (χ4v) is 0.959. The molecule has 1 rings (SSSR count). The monoisotopic (exact) mass is 187 g/mol. The second-order valence-corrected chi connectivity index (χ2v) is 2.72. The number of halogens is 1. The number of nitrogen functional groups attached to an aromatic ring is 1. The summed E-state index contributed by atoms with van der Waals surface area (Å²) in [4.78, 5) is 0. The number of aryl methyl sites for hydroxylation is 1. The van der Waals surface area contributed by atoms with Crippen LogP contribution in [-0.2, 0) is 6.54 Å². The van der Waals surface area contributed by atoms with E-state index in [4.69, 9.17) is 5.73 Å². The van der Waals surface area contributed by atoms with Gasteiger partial charge in [-0.05, 0) is 0 Å². The maximum absolute atomic E-state index is 5.54. The Bertz CT molecular complexity index is 208. The van der Waals surface area contributed by atoms with Crippen LogP contribution in [0.3, 0.4) is 0 Å². The van der Waals surface area contributed by atoms with Crippen molar-refractivity contribution in [2.75, 3.05) is 5.73 Å². The number of nitrogens with two attached hydrogens (primary N) is 1. The summed E-state index contributed by atoms with van der Waals surface area (Å²) < 4.78 is 2.15. The number of nitrogens with zero attached hydrogens (tertiary/aromatic N) is 1. The van der Waals surface area contributed by atoms with Crippen molar-refractivity contribution in [2.45, 2.75) is 26.3 Å². The molecule has 0 unspecified atom stereocenters. The molecule has 0 aromatic carbocycles. The summed E-state index contributed by atoms with van der Waals surface area (Å²) in [5, 5.41) is 0. The first-order valence-electron chi connectivity index (χ1n) is 4.07. The van der Waals surface area contributed by atoms with Crippen molar-refractivity contribution in [3.05, 3.63) is 24.5 Å². The summed E-state index contributed by atoms with van der Waals surface area (Å²) in [7, 11) is 0. The molecule has 0 atom stereocenters. The molecule has 0 radical (unpaired) electrons. The molecule has 3 heteroatoms. The van der Waals surface area contributed by atoms with Crippen LogP contribution >= 0.6 is 12.4 Å². The van der Waals surface area contributed by atoms with E-state index >= 15 is 0 Å². The summed E-state index contributed by atoms with van der Waals surface area (Å²) in [6, 6.07) is 3.85. The normalized spacial score (nSPS) is 9.08. The topological polar surface area (TPSA) is 29.9 Å². The zero-order valence-electron chi connectivity index (χ0n) is 7.36. The van der Waals surface area contributed by atoms with Crippen molar-refractivity contribution in [3.8, 4) is 0 Å². The first-order valence-corrected chi connectivity index (χ1v) is 4.07. The molecule has 1 aromatic rings. The van der Waals surface area contributed by atoms with Gasteiger partial charge in [0.25, 0.3) is 0 Å². The fraction of sp³-hybridized carbons (Fsp3) is 0.444. The Morgan fingerprint density at radius 1 is 1.33 bits per heavy atom. The van der Waals surface area contributed by atoms with Crippen molar-refractivity contribution in [3.63, 3.8) is 0 Å². The Morgan fingerprint density at radius 2 is 1.92 bits per heavy atom. The van der Waals surface area contributed by atoms with Crippen LogP contribution in [0.1, 0.15) is 19.8 Å². The van der Waals surface area contributed by atoms with Crippen LogP contribution in [0.2, 0.25) is 0 Å². The molecule has 12 heavy (non-hydrogen) atoms. The minimum Gasteiger partial charge on any atom is -0.398 e. The van der Waals surface area contributed by atoms with Gasteiger partial charge in [-0.15, -0.1) is 12.4 Å². The number of anilines is 1. The average Bonchev–Trinajstić information content (AvgIpc) is 2.04. The van der Waals surface area contributed by atoms with E-state index in [2.05, 4.69) is 11.5 Å². The second-order valence-electron chi connectivity index (χ2n) is 2.72. The first-order chi connectivity index (χ1) is 5.33. The standard InChI is InChI=1S/C9H14N2.ClH/c1-2-3-6-11-7-4-9(10)5-8-11;/h4-5,7-8,10H,2-3,6H2,1H3;1H/p+1. The maximum atomic E-state index is 5.54. The molecule has 68 valence electrons. The van der Waals surface area contributed by atoms with E-state index in [0.717, 1.165) is 12.2 Å². The molecule has 0 saturated heterocycles. The zero-order chi connectivity index (χ0) is 8.10.